The third-order valence-electron chi connectivity index (χ3n) is 5.82. The number of rotatable bonds is 6. The summed E-state index contributed by atoms with van der Waals surface area (Å²) in [5, 5.41) is 0. The monoisotopic (exact) mass is 408 g/mol. The van der Waals surface area contributed by atoms with E-state index >= 15 is 0 Å². The summed E-state index contributed by atoms with van der Waals surface area (Å²) in [6.45, 7) is 7.60. The number of ether oxygens (including phenoxy) is 2. The van der Waals surface area contributed by atoms with Crippen molar-refractivity contribution in [1.29, 1.82) is 0 Å². The molecule has 2 aliphatic rings. The lowest BCUT2D eigenvalue weighted by atomic mass is 9.88. The van der Waals surface area contributed by atoms with Crippen LogP contribution in [0.4, 0.5) is 10.5 Å². The highest BCUT2D eigenvalue weighted by atomic mass is 16.5. The standard InChI is InChI=1S/C24H28N2O4/c1-4-16-7-9-18(10-8-16)26-23(27)15-20-19-14-22(30-6-3)21(29-5-2)13-17(19)11-12-25(20)24(26)28/h7-10,13-14,20H,4-6,11-12,15H2,1-3H3/t20-/m1/s1. The van der Waals surface area contributed by atoms with Crippen LogP contribution >= 0.6 is 0 Å². The Labute approximate surface area is 177 Å². The van der Waals surface area contributed by atoms with Crippen molar-refractivity contribution in [2.75, 3.05) is 24.7 Å². The van der Waals surface area contributed by atoms with Gasteiger partial charge in [-0.05, 0) is 67.6 Å². The molecule has 1 fully saturated rings. The van der Waals surface area contributed by atoms with Gasteiger partial charge in [0.05, 0.1) is 31.4 Å². The Bertz CT molecular complexity index is 954. The molecular formula is C24H28N2O4. The number of benzene rings is 2. The van der Waals surface area contributed by atoms with E-state index in [2.05, 4.69) is 6.92 Å². The minimum atomic E-state index is -0.269. The zero-order chi connectivity index (χ0) is 21.3. The van der Waals surface area contributed by atoms with Gasteiger partial charge in [0.25, 0.3) is 0 Å². The second-order valence-corrected chi connectivity index (χ2v) is 7.56. The van der Waals surface area contributed by atoms with Crippen LogP contribution in [0.15, 0.2) is 36.4 Å². The van der Waals surface area contributed by atoms with E-state index in [9.17, 15) is 9.59 Å². The molecule has 0 aliphatic carbocycles. The number of amides is 3. The lowest BCUT2D eigenvalue weighted by Crippen LogP contribution is -2.55. The Kier molecular flexibility index (Phi) is 5.66. The van der Waals surface area contributed by atoms with E-state index in [0.29, 0.717) is 31.2 Å². The molecule has 0 aromatic heterocycles. The fourth-order valence-electron chi connectivity index (χ4n) is 4.32. The largest absolute Gasteiger partial charge is 0.490 e. The van der Waals surface area contributed by atoms with Crippen molar-refractivity contribution in [3.05, 3.63) is 53.1 Å². The number of imide groups is 1. The van der Waals surface area contributed by atoms with E-state index in [-0.39, 0.29) is 24.4 Å². The highest BCUT2D eigenvalue weighted by Crippen LogP contribution is 2.42. The van der Waals surface area contributed by atoms with E-state index in [1.54, 1.807) is 0 Å². The van der Waals surface area contributed by atoms with E-state index in [0.717, 1.165) is 29.7 Å². The van der Waals surface area contributed by atoms with E-state index in [1.165, 1.54) is 10.5 Å². The third-order valence-corrected chi connectivity index (χ3v) is 5.82. The van der Waals surface area contributed by atoms with Crippen molar-refractivity contribution in [3.63, 3.8) is 0 Å². The fourth-order valence-corrected chi connectivity index (χ4v) is 4.32. The average molecular weight is 408 g/mol. The molecule has 2 aromatic rings. The van der Waals surface area contributed by atoms with Gasteiger partial charge in [-0.15, -0.1) is 0 Å². The zero-order valence-corrected chi connectivity index (χ0v) is 17.8. The number of carbonyl (C=O) groups is 2. The molecule has 0 spiro atoms. The van der Waals surface area contributed by atoms with Crippen LogP contribution in [0.1, 0.15) is 49.9 Å². The van der Waals surface area contributed by atoms with Gasteiger partial charge in [0.2, 0.25) is 5.91 Å². The number of fused-ring (bicyclic) bond motifs is 3. The molecule has 3 amide bonds. The van der Waals surface area contributed by atoms with Crippen LogP contribution < -0.4 is 14.4 Å². The van der Waals surface area contributed by atoms with Gasteiger partial charge >= 0.3 is 6.03 Å². The molecule has 0 radical (unpaired) electrons. The molecule has 1 saturated heterocycles. The quantitative estimate of drug-likeness (QED) is 0.706. The van der Waals surface area contributed by atoms with Crippen LogP contribution in [0.3, 0.4) is 0 Å². The number of urea groups is 1. The van der Waals surface area contributed by atoms with Gasteiger partial charge in [0.1, 0.15) is 0 Å². The maximum atomic E-state index is 13.3. The number of nitrogens with zero attached hydrogens (tertiary/aromatic N) is 2. The molecule has 0 bridgehead atoms. The lowest BCUT2D eigenvalue weighted by Gasteiger charge is -2.43. The van der Waals surface area contributed by atoms with Gasteiger partial charge in [-0.25, -0.2) is 9.69 Å². The molecule has 2 aliphatic heterocycles. The summed E-state index contributed by atoms with van der Waals surface area (Å²) in [5.41, 5.74) is 3.91. The molecule has 4 rings (SSSR count). The minimum absolute atomic E-state index is 0.176. The number of aryl methyl sites for hydroxylation is 1. The van der Waals surface area contributed by atoms with Crippen LogP contribution in [0.25, 0.3) is 0 Å². The van der Waals surface area contributed by atoms with Gasteiger partial charge in [0, 0.05) is 6.54 Å². The molecular weight excluding hydrogens is 380 g/mol. The number of anilines is 1. The third kappa shape index (κ3) is 3.51. The highest BCUT2D eigenvalue weighted by Gasteiger charge is 2.43. The van der Waals surface area contributed by atoms with Crippen LogP contribution in [0, 0.1) is 0 Å². The summed E-state index contributed by atoms with van der Waals surface area (Å²) >= 11 is 0. The maximum Gasteiger partial charge on any atom is 0.331 e. The summed E-state index contributed by atoms with van der Waals surface area (Å²) in [7, 11) is 0. The smallest absolute Gasteiger partial charge is 0.331 e. The van der Waals surface area contributed by atoms with E-state index in [1.807, 2.05) is 55.1 Å². The first-order valence-electron chi connectivity index (χ1n) is 10.7. The molecule has 2 aromatic carbocycles. The average Bonchev–Trinajstić information content (AvgIpc) is 2.75. The minimum Gasteiger partial charge on any atom is -0.490 e. The second kappa shape index (κ2) is 8.38. The van der Waals surface area contributed by atoms with Crippen molar-refractivity contribution in [2.45, 2.75) is 46.1 Å². The molecule has 6 nitrogen and oxygen atoms in total. The van der Waals surface area contributed by atoms with Crippen molar-refractivity contribution in [1.82, 2.24) is 4.90 Å². The molecule has 0 unspecified atom stereocenters. The topological polar surface area (TPSA) is 59.1 Å². The molecule has 2 heterocycles. The summed E-state index contributed by atoms with van der Waals surface area (Å²) in [6.07, 6.45) is 1.90. The predicted molar refractivity (Wildman–Crippen MR) is 115 cm³/mol. The molecule has 1 atom stereocenters. The summed E-state index contributed by atoms with van der Waals surface area (Å²) in [4.78, 5) is 29.4. The lowest BCUT2D eigenvalue weighted by molar-refractivity contribution is -0.120. The SMILES string of the molecule is CCOc1cc2c(cc1OCC)[C@H]1CC(=O)N(c3ccc(CC)cc3)C(=O)N1CC2. The molecule has 6 heteroatoms. The second-order valence-electron chi connectivity index (χ2n) is 7.56. The number of carbonyl (C=O) groups excluding carboxylic acids is 2. The maximum absolute atomic E-state index is 13.3. The van der Waals surface area contributed by atoms with Gasteiger partial charge in [-0.2, -0.15) is 0 Å². The van der Waals surface area contributed by atoms with Gasteiger partial charge in [0.15, 0.2) is 11.5 Å². The van der Waals surface area contributed by atoms with Gasteiger partial charge < -0.3 is 14.4 Å². The Morgan fingerprint density at radius 3 is 2.27 bits per heavy atom. The summed E-state index contributed by atoms with van der Waals surface area (Å²) in [6, 6.07) is 11.1. The van der Waals surface area contributed by atoms with Crippen molar-refractivity contribution >= 4 is 17.6 Å². The van der Waals surface area contributed by atoms with Crippen molar-refractivity contribution in [3.8, 4) is 11.5 Å². The van der Waals surface area contributed by atoms with Crippen LogP contribution in [-0.4, -0.2) is 36.6 Å². The Morgan fingerprint density at radius 2 is 1.63 bits per heavy atom. The number of hydrogen-bond acceptors (Lipinski definition) is 4. The van der Waals surface area contributed by atoms with Crippen LogP contribution in [0.5, 0.6) is 11.5 Å². The first kappa shape index (κ1) is 20.3. The molecule has 30 heavy (non-hydrogen) atoms. The highest BCUT2D eigenvalue weighted by molar-refractivity contribution is 6.16. The Balaban J connectivity index is 1.67. The van der Waals surface area contributed by atoms with E-state index in [4.69, 9.17) is 9.47 Å². The van der Waals surface area contributed by atoms with Gasteiger partial charge in [-0.3, -0.25) is 4.79 Å². The van der Waals surface area contributed by atoms with Crippen LogP contribution in [-0.2, 0) is 17.6 Å². The molecule has 0 saturated carbocycles. The number of hydrogen-bond donors (Lipinski definition) is 0. The van der Waals surface area contributed by atoms with Crippen LogP contribution in [0.2, 0.25) is 0 Å². The molecule has 0 N–H and O–H groups in total. The zero-order valence-electron chi connectivity index (χ0n) is 17.8. The summed E-state index contributed by atoms with van der Waals surface area (Å²) < 4.78 is 11.5. The van der Waals surface area contributed by atoms with Crippen molar-refractivity contribution in [2.24, 2.45) is 0 Å². The fraction of sp³-hybridized carbons (Fsp3) is 0.417. The van der Waals surface area contributed by atoms with Crippen molar-refractivity contribution < 1.29 is 19.1 Å². The molecule has 158 valence electrons. The Hall–Kier alpha value is -3.02. The van der Waals surface area contributed by atoms with E-state index < -0.39 is 0 Å². The normalized spacial score (nSPS) is 18.2. The first-order valence-corrected chi connectivity index (χ1v) is 10.7. The summed E-state index contributed by atoms with van der Waals surface area (Å²) in [5.74, 6) is 1.21. The Morgan fingerprint density at radius 1 is 0.967 bits per heavy atom. The first-order chi connectivity index (χ1) is 14.6. The predicted octanol–water partition coefficient (Wildman–Crippen LogP) is 4.50. The van der Waals surface area contributed by atoms with Gasteiger partial charge in [-0.1, -0.05) is 19.1 Å².